The summed E-state index contributed by atoms with van der Waals surface area (Å²) in [7, 11) is 0. The van der Waals surface area contributed by atoms with Crippen molar-refractivity contribution in [2.45, 2.75) is 0 Å². The molecule has 5 heteroatoms. The molecule has 4 nitrogen and oxygen atoms in total. The van der Waals surface area contributed by atoms with Gasteiger partial charge in [-0.25, -0.2) is 0 Å². The first-order valence-corrected chi connectivity index (χ1v) is 5.70. The second kappa shape index (κ2) is 5.41. The van der Waals surface area contributed by atoms with E-state index in [0.29, 0.717) is 5.76 Å². The Kier molecular flexibility index (Phi) is 3.84. The first-order valence-electron chi connectivity index (χ1n) is 5.70. The first-order chi connectivity index (χ1) is 9.15. The largest absolute Gasteiger partial charge is 0.508 e. The quantitative estimate of drug-likeness (QED) is 0.671. The topological polar surface area (TPSA) is 70.7 Å². The van der Waals surface area contributed by atoms with Crippen LogP contribution in [-0.2, 0) is 0 Å². The molecule has 20 heavy (non-hydrogen) atoms. The third kappa shape index (κ3) is 2.41. The van der Waals surface area contributed by atoms with Gasteiger partial charge in [0.1, 0.15) is 28.2 Å². The van der Waals surface area contributed by atoms with Gasteiger partial charge >= 0.3 is 0 Å². The molecular formula is C15H10O4Se. The fourth-order valence-corrected chi connectivity index (χ4v) is 2.00. The summed E-state index contributed by atoms with van der Waals surface area (Å²) in [4.78, 5) is 12.0. The molecule has 1 aromatic heterocycles. The van der Waals surface area contributed by atoms with Crippen LogP contribution in [0.4, 0.5) is 0 Å². The Morgan fingerprint density at radius 3 is 2.35 bits per heavy atom. The Hall–Kier alpha value is -2.23. The fraction of sp³-hybridized carbons (Fsp3) is 0. The molecule has 2 radical (unpaired) electrons. The van der Waals surface area contributed by atoms with Crippen molar-refractivity contribution in [1.82, 2.24) is 0 Å². The standard InChI is InChI=1S/C15H10O4.Se/c16-10-6-11(17)15-12(18)8-13(19-14(15)7-10)9-4-2-1-3-5-9;/h1-8,16-17H;. The zero-order valence-electron chi connectivity index (χ0n) is 10.2. The second-order valence-corrected chi connectivity index (χ2v) is 4.18. The van der Waals surface area contributed by atoms with Gasteiger partial charge in [-0.2, -0.15) is 0 Å². The van der Waals surface area contributed by atoms with Crippen LogP contribution in [0.1, 0.15) is 0 Å². The molecule has 0 aliphatic carbocycles. The van der Waals surface area contributed by atoms with Crippen molar-refractivity contribution in [3.63, 3.8) is 0 Å². The van der Waals surface area contributed by atoms with E-state index in [-0.39, 0.29) is 45.0 Å². The number of phenolic OH excluding ortho intramolecular Hbond substituents is 2. The third-order valence-electron chi connectivity index (χ3n) is 2.85. The van der Waals surface area contributed by atoms with E-state index >= 15 is 0 Å². The summed E-state index contributed by atoms with van der Waals surface area (Å²) in [6.07, 6.45) is 0. The summed E-state index contributed by atoms with van der Waals surface area (Å²) in [5.41, 5.74) is 0.561. The third-order valence-corrected chi connectivity index (χ3v) is 2.85. The maximum Gasteiger partial charge on any atom is 0.197 e. The first kappa shape index (κ1) is 14.2. The molecule has 0 bridgehead atoms. The molecule has 2 aromatic carbocycles. The van der Waals surface area contributed by atoms with E-state index in [9.17, 15) is 15.0 Å². The summed E-state index contributed by atoms with van der Waals surface area (Å²) >= 11 is 0. The van der Waals surface area contributed by atoms with Gasteiger partial charge in [0.15, 0.2) is 5.43 Å². The molecule has 3 aromatic rings. The molecule has 1 heterocycles. The Morgan fingerprint density at radius 1 is 0.950 bits per heavy atom. The van der Waals surface area contributed by atoms with Gasteiger partial charge in [0.05, 0.1) is 0 Å². The molecule has 0 unspecified atom stereocenters. The normalized spacial score (nSPS) is 10.2. The molecule has 0 atom stereocenters. The molecule has 0 saturated carbocycles. The average Bonchev–Trinajstić information content (AvgIpc) is 2.38. The SMILES string of the molecule is O=c1cc(-c2ccccc2)oc2cc(O)cc(O)c12.[Se]. The summed E-state index contributed by atoms with van der Waals surface area (Å²) in [6, 6.07) is 12.9. The summed E-state index contributed by atoms with van der Waals surface area (Å²) in [5, 5.41) is 19.2. The number of hydrogen-bond donors (Lipinski definition) is 2. The van der Waals surface area contributed by atoms with Crippen molar-refractivity contribution in [3.8, 4) is 22.8 Å². The maximum atomic E-state index is 12.0. The number of aromatic hydroxyl groups is 2. The second-order valence-electron chi connectivity index (χ2n) is 4.18. The number of hydrogen-bond acceptors (Lipinski definition) is 4. The zero-order valence-corrected chi connectivity index (χ0v) is 12.0. The van der Waals surface area contributed by atoms with Crippen LogP contribution in [0.3, 0.4) is 0 Å². The van der Waals surface area contributed by atoms with Crippen LogP contribution in [0.15, 0.2) is 57.7 Å². The van der Waals surface area contributed by atoms with Crippen molar-refractivity contribution in [1.29, 1.82) is 0 Å². The van der Waals surface area contributed by atoms with Crippen molar-refractivity contribution in [2.75, 3.05) is 0 Å². The van der Waals surface area contributed by atoms with E-state index < -0.39 is 0 Å². The Balaban J connectivity index is 0.00000147. The van der Waals surface area contributed by atoms with E-state index in [4.69, 9.17) is 4.42 Å². The molecule has 2 N–H and O–H groups in total. The van der Waals surface area contributed by atoms with Crippen molar-refractivity contribution in [3.05, 3.63) is 58.8 Å². The Bertz CT molecular complexity index is 809. The summed E-state index contributed by atoms with van der Waals surface area (Å²) < 4.78 is 5.57. The predicted octanol–water partition coefficient (Wildman–Crippen LogP) is 2.49. The molecule has 0 amide bonds. The fourth-order valence-electron chi connectivity index (χ4n) is 2.00. The zero-order chi connectivity index (χ0) is 13.4. The Morgan fingerprint density at radius 2 is 1.65 bits per heavy atom. The number of rotatable bonds is 1. The van der Waals surface area contributed by atoms with Crippen molar-refractivity contribution >= 4 is 28.0 Å². The van der Waals surface area contributed by atoms with Crippen LogP contribution in [0.25, 0.3) is 22.3 Å². The van der Waals surface area contributed by atoms with Crippen LogP contribution in [-0.4, -0.2) is 27.3 Å². The average molecular weight is 333 g/mol. The van der Waals surface area contributed by atoms with Gasteiger partial charge in [-0.1, -0.05) is 30.3 Å². The van der Waals surface area contributed by atoms with E-state index in [0.717, 1.165) is 11.6 Å². The molecule has 100 valence electrons. The van der Waals surface area contributed by atoms with Gasteiger partial charge in [0.2, 0.25) is 0 Å². The maximum absolute atomic E-state index is 12.0. The predicted molar refractivity (Wildman–Crippen MR) is 77.0 cm³/mol. The number of benzene rings is 2. The van der Waals surface area contributed by atoms with Gasteiger partial charge in [0, 0.05) is 40.8 Å². The van der Waals surface area contributed by atoms with Crippen LogP contribution < -0.4 is 5.43 Å². The van der Waals surface area contributed by atoms with Gasteiger partial charge < -0.3 is 14.6 Å². The Labute approximate surface area is 124 Å². The van der Waals surface area contributed by atoms with Crippen LogP contribution >= 0.6 is 0 Å². The molecule has 3 rings (SSSR count). The molecule has 0 fully saturated rings. The summed E-state index contributed by atoms with van der Waals surface area (Å²) in [5.74, 6) is -0.0511. The minimum Gasteiger partial charge on any atom is -0.508 e. The van der Waals surface area contributed by atoms with Gasteiger partial charge in [0.25, 0.3) is 0 Å². The van der Waals surface area contributed by atoms with E-state index in [1.54, 1.807) is 0 Å². The van der Waals surface area contributed by atoms with Gasteiger partial charge in [-0.3, -0.25) is 4.79 Å². The van der Waals surface area contributed by atoms with Crippen molar-refractivity contribution < 1.29 is 14.6 Å². The molecule has 0 spiro atoms. The smallest absolute Gasteiger partial charge is 0.197 e. The minimum atomic E-state index is -0.349. The minimum absolute atomic E-state index is 0. The van der Waals surface area contributed by atoms with Gasteiger partial charge in [-0.05, 0) is 0 Å². The van der Waals surface area contributed by atoms with Crippen LogP contribution in [0, 0.1) is 0 Å². The van der Waals surface area contributed by atoms with E-state index in [2.05, 4.69) is 0 Å². The molecular weight excluding hydrogens is 323 g/mol. The molecule has 0 saturated heterocycles. The number of fused-ring (bicyclic) bond motifs is 1. The monoisotopic (exact) mass is 334 g/mol. The number of phenols is 2. The van der Waals surface area contributed by atoms with E-state index in [1.807, 2.05) is 30.3 Å². The molecule has 0 aliphatic rings. The molecule has 0 aliphatic heterocycles. The van der Waals surface area contributed by atoms with Gasteiger partial charge in [-0.15, -0.1) is 0 Å². The summed E-state index contributed by atoms with van der Waals surface area (Å²) in [6.45, 7) is 0. The van der Waals surface area contributed by atoms with E-state index in [1.165, 1.54) is 12.1 Å². The van der Waals surface area contributed by atoms with Crippen molar-refractivity contribution in [2.24, 2.45) is 0 Å². The van der Waals surface area contributed by atoms with Crippen LogP contribution in [0.2, 0.25) is 0 Å². The van der Waals surface area contributed by atoms with Crippen LogP contribution in [0.5, 0.6) is 11.5 Å².